The SMILES string of the molecule is COc1ccccc1N(CCC(=O)O)CCN(C)C. The summed E-state index contributed by atoms with van der Waals surface area (Å²) in [5, 5.41) is 8.84. The van der Waals surface area contributed by atoms with Crippen molar-refractivity contribution in [3.05, 3.63) is 24.3 Å². The van der Waals surface area contributed by atoms with Crippen molar-refractivity contribution in [2.24, 2.45) is 0 Å². The number of hydrogen-bond donors (Lipinski definition) is 1. The third kappa shape index (κ3) is 5.18. The molecule has 0 aliphatic rings. The Bertz CT molecular complexity index is 407. The van der Waals surface area contributed by atoms with Crippen LogP contribution in [-0.2, 0) is 4.79 Å². The molecule has 0 fully saturated rings. The van der Waals surface area contributed by atoms with Gasteiger partial charge in [-0.2, -0.15) is 0 Å². The van der Waals surface area contributed by atoms with Gasteiger partial charge in [0.15, 0.2) is 0 Å². The van der Waals surface area contributed by atoms with Crippen molar-refractivity contribution in [3.8, 4) is 5.75 Å². The Balaban J connectivity index is 2.83. The van der Waals surface area contributed by atoms with Crippen molar-refractivity contribution in [1.82, 2.24) is 4.90 Å². The summed E-state index contributed by atoms with van der Waals surface area (Å²) in [5.41, 5.74) is 0.938. The van der Waals surface area contributed by atoms with Crippen LogP contribution in [0, 0.1) is 0 Å². The van der Waals surface area contributed by atoms with E-state index in [0.29, 0.717) is 6.54 Å². The maximum absolute atomic E-state index is 10.8. The summed E-state index contributed by atoms with van der Waals surface area (Å²) in [6.45, 7) is 2.10. The van der Waals surface area contributed by atoms with Gasteiger partial charge in [-0.25, -0.2) is 0 Å². The second-order valence-corrected chi connectivity index (χ2v) is 4.61. The average Bonchev–Trinajstić information content (AvgIpc) is 2.38. The predicted molar refractivity (Wildman–Crippen MR) is 76.0 cm³/mol. The summed E-state index contributed by atoms with van der Waals surface area (Å²) in [6, 6.07) is 7.68. The number of nitrogens with zero attached hydrogens (tertiary/aromatic N) is 2. The summed E-state index contributed by atoms with van der Waals surface area (Å²) in [4.78, 5) is 14.9. The summed E-state index contributed by atoms with van der Waals surface area (Å²) in [7, 11) is 5.62. The van der Waals surface area contributed by atoms with E-state index in [1.54, 1.807) is 7.11 Å². The van der Waals surface area contributed by atoms with Crippen LogP contribution in [0.25, 0.3) is 0 Å². The van der Waals surface area contributed by atoms with E-state index in [2.05, 4.69) is 4.90 Å². The van der Waals surface area contributed by atoms with Crippen LogP contribution in [0.15, 0.2) is 24.3 Å². The van der Waals surface area contributed by atoms with Gasteiger partial charge in [0.2, 0.25) is 0 Å². The number of para-hydroxylation sites is 2. The van der Waals surface area contributed by atoms with Gasteiger partial charge >= 0.3 is 5.97 Å². The molecule has 0 unspecified atom stereocenters. The van der Waals surface area contributed by atoms with E-state index in [-0.39, 0.29) is 6.42 Å². The van der Waals surface area contributed by atoms with Crippen LogP contribution >= 0.6 is 0 Å². The number of benzene rings is 1. The van der Waals surface area contributed by atoms with Crippen LogP contribution in [0.5, 0.6) is 5.75 Å². The number of carbonyl (C=O) groups is 1. The van der Waals surface area contributed by atoms with E-state index in [9.17, 15) is 4.79 Å². The summed E-state index contributed by atoms with van der Waals surface area (Å²) < 4.78 is 5.34. The standard InChI is InChI=1S/C14H22N2O3/c1-15(2)10-11-16(9-8-14(17)18)12-6-4-5-7-13(12)19-3/h4-7H,8-11H2,1-3H3,(H,17,18). The van der Waals surface area contributed by atoms with Crippen molar-refractivity contribution in [3.63, 3.8) is 0 Å². The Labute approximate surface area is 114 Å². The third-order valence-electron chi connectivity index (χ3n) is 2.84. The largest absolute Gasteiger partial charge is 0.495 e. The van der Waals surface area contributed by atoms with Crippen LogP contribution in [0.4, 0.5) is 5.69 Å². The van der Waals surface area contributed by atoms with E-state index in [1.165, 1.54) is 0 Å². The maximum Gasteiger partial charge on any atom is 0.305 e. The van der Waals surface area contributed by atoms with Crippen molar-refractivity contribution >= 4 is 11.7 Å². The monoisotopic (exact) mass is 266 g/mol. The smallest absolute Gasteiger partial charge is 0.305 e. The predicted octanol–water partition coefficient (Wildman–Crippen LogP) is 1.54. The third-order valence-corrected chi connectivity index (χ3v) is 2.84. The normalized spacial score (nSPS) is 10.5. The Kier molecular flexibility index (Phi) is 6.15. The molecule has 106 valence electrons. The molecule has 0 amide bonds. The van der Waals surface area contributed by atoms with Gasteiger partial charge in [0.05, 0.1) is 19.2 Å². The van der Waals surface area contributed by atoms with E-state index < -0.39 is 5.97 Å². The summed E-state index contributed by atoms with van der Waals surface area (Å²) in [5.74, 6) is -0.0172. The molecule has 1 aromatic carbocycles. The first-order valence-corrected chi connectivity index (χ1v) is 6.29. The average molecular weight is 266 g/mol. The molecule has 0 saturated heterocycles. The van der Waals surface area contributed by atoms with Gasteiger partial charge in [0.1, 0.15) is 5.75 Å². The highest BCUT2D eigenvalue weighted by molar-refractivity contribution is 5.68. The van der Waals surface area contributed by atoms with Crippen LogP contribution in [0.3, 0.4) is 0 Å². The first-order valence-electron chi connectivity index (χ1n) is 6.29. The zero-order valence-corrected chi connectivity index (χ0v) is 11.8. The van der Waals surface area contributed by atoms with Crippen LogP contribution in [-0.4, -0.2) is 56.8 Å². The van der Waals surface area contributed by atoms with Crippen molar-refractivity contribution in [2.75, 3.05) is 45.7 Å². The zero-order chi connectivity index (χ0) is 14.3. The first-order chi connectivity index (χ1) is 9.04. The lowest BCUT2D eigenvalue weighted by Gasteiger charge is -2.27. The Morgan fingerprint density at radius 1 is 1.21 bits per heavy atom. The molecule has 0 heterocycles. The topological polar surface area (TPSA) is 53.0 Å². The minimum atomic E-state index is -0.787. The molecule has 0 aliphatic carbocycles. The van der Waals surface area contributed by atoms with E-state index in [1.807, 2.05) is 43.3 Å². The second-order valence-electron chi connectivity index (χ2n) is 4.61. The molecule has 1 N–H and O–H groups in total. The molecule has 1 rings (SSSR count). The fraction of sp³-hybridized carbons (Fsp3) is 0.500. The molecular formula is C14H22N2O3. The molecule has 0 aliphatic heterocycles. The molecule has 0 atom stereocenters. The summed E-state index contributed by atoms with van der Waals surface area (Å²) >= 11 is 0. The van der Waals surface area contributed by atoms with Crippen molar-refractivity contribution in [1.29, 1.82) is 0 Å². The van der Waals surface area contributed by atoms with Crippen LogP contribution < -0.4 is 9.64 Å². The number of anilines is 1. The highest BCUT2D eigenvalue weighted by Crippen LogP contribution is 2.27. The molecule has 0 bridgehead atoms. The lowest BCUT2D eigenvalue weighted by Crippen LogP contribution is -2.33. The van der Waals surface area contributed by atoms with Crippen molar-refractivity contribution < 1.29 is 14.6 Å². The lowest BCUT2D eigenvalue weighted by atomic mass is 10.2. The highest BCUT2D eigenvalue weighted by atomic mass is 16.5. The van der Waals surface area contributed by atoms with Crippen LogP contribution in [0.2, 0.25) is 0 Å². The maximum atomic E-state index is 10.8. The Hall–Kier alpha value is -1.75. The molecule has 0 aromatic heterocycles. The molecule has 0 spiro atoms. The van der Waals surface area contributed by atoms with Gasteiger partial charge in [-0.05, 0) is 26.2 Å². The number of hydrogen-bond acceptors (Lipinski definition) is 4. The number of methoxy groups -OCH3 is 1. The first kappa shape index (κ1) is 15.3. The molecule has 1 aromatic rings. The number of aliphatic carboxylic acids is 1. The minimum absolute atomic E-state index is 0.117. The second kappa shape index (κ2) is 7.63. The zero-order valence-electron chi connectivity index (χ0n) is 11.8. The molecule has 0 saturated carbocycles. The lowest BCUT2D eigenvalue weighted by molar-refractivity contribution is -0.136. The van der Waals surface area contributed by atoms with Gasteiger partial charge in [0.25, 0.3) is 0 Å². The summed E-state index contributed by atoms with van der Waals surface area (Å²) in [6.07, 6.45) is 0.117. The number of ether oxygens (including phenoxy) is 1. The van der Waals surface area contributed by atoms with Gasteiger partial charge in [0, 0.05) is 19.6 Å². The number of carboxylic acids is 1. The molecule has 0 radical (unpaired) electrons. The fourth-order valence-corrected chi connectivity index (χ4v) is 1.80. The van der Waals surface area contributed by atoms with Crippen molar-refractivity contribution in [2.45, 2.75) is 6.42 Å². The molecular weight excluding hydrogens is 244 g/mol. The Morgan fingerprint density at radius 2 is 1.89 bits per heavy atom. The molecule has 5 nitrogen and oxygen atoms in total. The molecule has 5 heteroatoms. The van der Waals surface area contributed by atoms with Gasteiger partial charge in [-0.15, -0.1) is 0 Å². The van der Waals surface area contributed by atoms with E-state index in [0.717, 1.165) is 24.5 Å². The fourth-order valence-electron chi connectivity index (χ4n) is 1.80. The number of likely N-dealkylation sites (N-methyl/N-ethyl adjacent to an activating group) is 1. The van der Waals surface area contributed by atoms with Gasteiger partial charge < -0.3 is 19.6 Å². The van der Waals surface area contributed by atoms with E-state index >= 15 is 0 Å². The highest BCUT2D eigenvalue weighted by Gasteiger charge is 2.13. The molecule has 19 heavy (non-hydrogen) atoms. The number of rotatable bonds is 8. The quantitative estimate of drug-likeness (QED) is 0.773. The van der Waals surface area contributed by atoms with Crippen LogP contribution in [0.1, 0.15) is 6.42 Å². The minimum Gasteiger partial charge on any atom is -0.495 e. The Morgan fingerprint density at radius 3 is 2.47 bits per heavy atom. The van der Waals surface area contributed by atoms with Gasteiger partial charge in [-0.3, -0.25) is 4.79 Å². The van der Waals surface area contributed by atoms with Gasteiger partial charge in [-0.1, -0.05) is 12.1 Å². The number of carboxylic acid groups (broad SMARTS) is 1. The van der Waals surface area contributed by atoms with E-state index in [4.69, 9.17) is 9.84 Å².